The minimum Gasteiger partial charge on any atom is -0.497 e. The summed E-state index contributed by atoms with van der Waals surface area (Å²) < 4.78 is 5.28. The molecule has 1 atom stereocenters. The van der Waals surface area contributed by atoms with E-state index >= 15 is 0 Å². The first kappa shape index (κ1) is 18.3. The van der Waals surface area contributed by atoms with Crippen molar-refractivity contribution in [2.45, 2.75) is 39.2 Å². The zero-order valence-corrected chi connectivity index (χ0v) is 15.9. The molecule has 1 aromatic carbocycles. The van der Waals surface area contributed by atoms with E-state index in [1.807, 2.05) is 45.2 Å². The van der Waals surface area contributed by atoms with E-state index in [9.17, 15) is 9.59 Å². The van der Waals surface area contributed by atoms with Crippen LogP contribution in [0.25, 0.3) is 10.9 Å². The van der Waals surface area contributed by atoms with Crippen LogP contribution in [0.3, 0.4) is 0 Å². The fourth-order valence-corrected chi connectivity index (χ4v) is 3.49. The van der Waals surface area contributed by atoms with Gasteiger partial charge in [0.15, 0.2) is 0 Å². The van der Waals surface area contributed by atoms with Crippen molar-refractivity contribution in [2.75, 3.05) is 20.2 Å². The summed E-state index contributed by atoms with van der Waals surface area (Å²) in [6.07, 6.45) is 2.99. The van der Waals surface area contributed by atoms with E-state index in [0.717, 1.165) is 28.6 Å². The molecular weight excluding hydrogens is 330 g/mol. The highest BCUT2D eigenvalue weighted by atomic mass is 16.5. The van der Waals surface area contributed by atoms with Gasteiger partial charge < -0.3 is 19.9 Å². The Balaban J connectivity index is 1.57. The Hall–Kier alpha value is -2.50. The number of benzene rings is 1. The van der Waals surface area contributed by atoms with E-state index in [4.69, 9.17) is 4.74 Å². The van der Waals surface area contributed by atoms with E-state index in [2.05, 4.69) is 10.3 Å². The monoisotopic (exact) mass is 357 g/mol. The number of carbonyl (C=O) groups is 2. The summed E-state index contributed by atoms with van der Waals surface area (Å²) in [5.74, 6) is 0.572. The van der Waals surface area contributed by atoms with Gasteiger partial charge in [-0.1, -0.05) is 0 Å². The molecule has 3 rings (SSSR count). The molecule has 1 aromatic heterocycles. The van der Waals surface area contributed by atoms with Gasteiger partial charge in [-0.25, -0.2) is 0 Å². The first-order chi connectivity index (χ1) is 12.3. The average Bonchev–Trinajstić information content (AvgIpc) is 3.17. The van der Waals surface area contributed by atoms with Crippen LogP contribution >= 0.6 is 0 Å². The Morgan fingerprint density at radius 1 is 1.38 bits per heavy atom. The summed E-state index contributed by atoms with van der Waals surface area (Å²) in [6.45, 7) is 7.03. The third kappa shape index (κ3) is 3.69. The lowest BCUT2D eigenvalue weighted by Gasteiger charge is -2.31. The smallest absolute Gasteiger partial charge is 0.225 e. The van der Waals surface area contributed by atoms with Gasteiger partial charge in [0.25, 0.3) is 0 Å². The number of likely N-dealkylation sites (tertiary alicyclic amines) is 1. The molecule has 6 nitrogen and oxygen atoms in total. The standard InChI is InChI=1S/C20H27N3O3/c1-20(2,3)23-12-14(9-18(23)24)19(25)21-8-7-13-11-22-17-6-5-15(26-4)10-16(13)17/h5-6,10-11,14,22H,7-9,12H2,1-4H3,(H,21,25). The molecule has 2 N–H and O–H groups in total. The maximum atomic E-state index is 12.4. The molecule has 0 saturated carbocycles. The number of aromatic amines is 1. The third-order valence-corrected chi connectivity index (χ3v) is 4.97. The van der Waals surface area contributed by atoms with Crippen molar-refractivity contribution in [2.24, 2.45) is 5.92 Å². The second-order valence-corrected chi connectivity index (χ2v) is 7.84. The zero-order chi connectivity index (χ0) is 18.9. The summed E-state index contributed by atoms with van der Waals surface area (Å²) in [4.78, 5) is 29.6. The predicted octanol–water partition coefficient (Wildman–Crippen LogP) is 2.48. The maximum absolute atomic E-state index is 12.4. The van der Waals surface area contributed by atoms with Gasteiger partial charge in [0.2, 0.25) is 11.8 Å². The van der Waals surface area contributed by atoms with E-state index in [-0.39, 0.29) is 23.3 Å². The van der Waals surface area contributed by atoms with E-state index < -0.39 is 0 Å². The summed E-state index contributed by atoms with van der Waals surface area (Å²) in [6, 6.07) is 5.91. The van der Waals surface area contributed by atoms with Crippen molar-refractivity contribution in [3.63, 3.8) is 0 Å². The number of aromatic nitrogens is 1. The van der Waals surface area contributed by atoms with Crippen LogP contribution in [0.4, 0.5) is 0 Å². The van der Waals surface area contributed by atoms with Crippen LogP contribution in [-0.4, -0.2) is 47.4 Å². The normalized spacial score (nSPS) is 17.8. The van der Waals surface area contributed by atoms with Gasteiger partial charge in [-0.2, -0.15) is 0 Å². The van der Waals surface area contributed by atoms with Gasteiger partial charge in [0.05, 0.1) is 13.0 Å². The molecule has 2 aromatic rings. The lowest BCUT2D eigenvalue weighted by atomic mass is 10.1. The Morgan fingerprint density at radius 3 is 2.81 bits per heavy atom. The third-order valence-electron chi connectivity index (χ3n) is 4.97. The minimum absolute atomic E-state index is 0.0393. The number of hydrogen-bond donors (Lipinski definition) is 2. The van der Waals surface area contributed by atoms with E-state index in [1.165, 1.54) is 0 Å². The van der Waals surface area contributed by atoms with Gasteiger partial charge in [-0.05, 0) is 51.0 Å². The minimum atomic E-state index is -0.259. The molecule has 6 heteroatoms. The largest absolute Gasteiger partial charge is 0.497 e. The maximum Gasteiger partial charge on any atom is 0.225 e. The van der Waals surface area contributed by atoms with Crippen LogP contribution in [0.2, 0.25) is 0 Å². The van der Waals surface area contributed by atoms with Crippen molar-refractivity contribution in [1.29, 1.82) is 0 Å². The van der Waals surface area contributed by atoms with Gasteiger partial charge in [-0.15, -0.1) is 0 Å². The SMILES string of the molecule is COc1ccc2[nH]cc(CCNC(=O)C3CC(=O)N(C(C)(C)C)C3)c2c1. The lowest BCUT2D eigenvalue weighted by Crippen LogP contribution is -2.43. The molecule has 2 amide bonds. The molecule has 0 spiro atoms. The van der Waals surface area contributed by atoms with Crippen LogP contribution in [0.5, 0.6) is 5.75 Å². The predicted molar refractivity (Wildman–Crippen MR) is 101 cm³/mol. The van der Waals surface area contributed by atoms with Crippen LogP contribution in [0.15, 0.2) is 24.4 Å². The molecule has 1 aliphatic heterocycles. The number of fused-ring (bicyclic) bond motifs is 1. The van der Waals surface area contributed by atoms with Crippen molar-refractivity contribution in [3.05, 3.63) is 30.0 Å². The molecule has 0 bridgehead atoms. The van der Waals surface area contributed by atoms with Crippen LogP contribution < -0.4 is 10.1 Å². The Bertz CT molecular complexity index is 819. The first-order valence-electron chi connectivity index (χ1n) is 9.02. The fourth-order valence-electron chi connectivity index (χ4n) is 3.49. The van der Waals surface area contributed by atoms with Gasteiger partial charge in [0.1, 0.15) is 5.75 Å². The number of rotatable bonds is 5. The van der Waals surface area contributed by atoms with Crippen molar-refractivity contribution < 1.29 is 14.3 Å². The second kappa shape index (κ2) is 7.02. The second-order valence-electron chi connectivity index (χ2n) is 7.84. The Kier molecular flexibility index (Phi) is 4.94. The summed E-state index contributed by atoms with van der Waals surface area (Å²) in [5, 5.41) is 4.09. The number of nitrogens with one attached hydrogen (secondary N) is 2. The average molecular weight is 357 g/mol. The summed E-state index contributed by atoms with van der Waals surface area (Å²) in [5.41, 5.74) is 1.95. The van der Waals surface area contributed by atoms with Gasteiger partial charge in [0, 0.05) is 42.1 Å². The topological polar surface area (TPSA) is 74.4 Å². The van der Waals surface area contributed by atoms with E-state index in [1.54, 1.807) is 12.0 Å². The Morgan fingerprint density at radius 2 is 2.15 bits per heavy atom. The molecule has 0 radical (unpaired) electrons. The lowest BCUT2D eigenvalue weighted by molar-refractivity contribution is -0.132. The van der Waals surface area contributed by atoms with Crippen molar-refractivity contribution >= 4 is 22.7 Å². The summed E-state index contributed by atoms with van der Waals surface area (Å²) in [7, 11) is 1.65. The number of hydrogen-bond acceptors (Lipinski definition) is 3. The molecule has 140 valence electrons. The van der Waals surface area contributed by atoms with Crippen LogP contribution in [-0.2, 0) is 16.0 Å². The molecule has 0 aliphatic carbocycles. The fraction of sp³-hybridized carbons (Fsp3) is 0.500. The highest BCUT2D eigenvalue weighted by molar-refractivity contribution is 5.89. The van der Waals surface area contributed by atoms with Crippen molar-refractivity contribution in [3.8, 4) is 5.75 Å². The quantitative estimate of drug-likeness (QED) is 0.863. The van der Waals surface area contributed by atoms with Gasteiger partial charge >= 0.3 is 0 Å². The molecule has 1 fully saturated rings. The number of amides is 2. The van der Waals surface area contributed by atoms with Crippen LogP contribution in [0, 0.1) is 5.92 Å². The van der Waals surface area contributed by atoms with Crippen LogP contribution in [0.1, 0.15) is 32.8 Å². The van der Waals surface area contributed by atoms with Crippen molar-refractivity contribution in [1.82, 2.24) is 15.2 Å². The Labute approximate surface area is 153 Å². The summed E-state index contributed by atoms with van der Waals surface area (Å²) >= 11 is 0. The molecule has 26 heavy (non-hydrogen) atoms. The number of methoxy groups -OCH3 is 1. The molecule has 1 aliphatic rings. The van der Waals surface area contributed by atoms with E-state index in [0.29, 0.717) is 19.5 Å². The van der Waals surface area contributed by atoms with Gasteiger partial charge in [-0.3, -0.25) is 9.59 Å². The number of ether oxygens (including phenoxy) is 1. The zero-order valence-electron chi connectivity index (χ0n) is 15.9. The molecule has 2 heterocycles. The molecular formula is C20H27N3O3. The number of nitrogens with zero attached hydrogens (tertiary/aromatic N) is 1. The molecule has 1 saturated heterocycles. The molecule has 1 unspecified atom stereocenters. The highest BCUT2D eigenvalue weighted by Crippen LogP contribution is 2.26. The first-order valence-corrected chi connectivity index (χ1v) is 9.02. The number of H-pyrrole nitrogens is 1. The number of carbonyl (C=O) groups excluding carboxylic acids is 2. The highest BCUT2D eigenvalue weighted by Gasteiger charge is 2.39.